The van der Waals surface area contributed by atoms with Crippen LogP contribution in [0, 0.1) is 6.92 Å². The van der Waals surface area contributed by atoms with Gasteiger partial charge in [0, 0.05) is 50.2 Å². The van der Waals surface area contributed by atoms with Crippen LogP contribution in [-0.4, -0.2) is 56.5 Å². The van der Waals surface area contributed by atoms with E-state index in [0.717, 1.165) is 31.3 Å². The van der Waals surface area contributed by atoms with Gasteiger partial charge in [-0.05, 0) is 49.4 Å². The van der Waals surface area contributed by atoms with Crippen LogP contribution in [0.15, 0.2) is 41.4 Å². The summed E-state index contributed by atoms with van der Waals surface area (Å²) < 4.78 is 41.5. The molecule has 0 aromatic heterocycles. The van der Waals surface area contributed by atoms with Gasteiger partial charge in [-0.3, -0.25) is 9.79 Å². The summed E-state index contributed by atoms with van der Waals surface area (Å²) in [6.45, 7) is 7.70. The average molecular weight is 463 g/mol. The number of nitrogens with one attached hydrogen (secondary N) is 2. The lowest BCUT2D eigenvalue weighted by Gasteiger charge is -2.36. The number of likely N-dealkylation sites (N-methyl/N-ethyl adjacent to an activating group) is 1. The highest BCUT2D eigenvalue weighted by Gasteiger charge is 2.35. The first kappa shape index (κ1) is 24.4. The Hall–Kier alpha value is -3.27. The Labute approximate surface area is 191 Å². The van der Waals surface area contributed by atoms with Gasteiger partial charge in [0.15, 0.2) is 5.96 Å². The zero-order valence-electron chi connectivity index (χ0n) is 19.0. The second-order valence-electron chi connectivity index (χ2n) is 7.87. The summed E-state index contributed by atoms with van der Waals surface area (Å²) >= 11 is 0. The maximum atomic E-state index is 13.8. The first-order valence-corrected chi connectivity index (χ1v) is 10.7. The van der Waals surface area contributed by atoms with Gasteiger partial charge in [0.2, 0.25) is 0 Å². The minimum atomic E-state index is -4.62. The molecule has 2 aromatic rings. The topological polar surface area (TPSA) is 86.0 Å². The van der Waals surface area contributed by atoms with Gasteiger partial charge in [-0.15, -0.1) is 0 Å². The van der Waals surface area contributed by atoms with Gasteiger partial charge in [-0.1, -0.05) is 13.0 Å². The van der Waals surface area contributed by atoms with E-state index in [9.17, 15) is 18.0 Å². The molecule has 1 fully saturated rings. The monoisotopic (exact) mass is 462 g/mol. The molecule has 0 unspecified atom stereocenters. The average Bonchev–Trinajstić information content (AvgIpc) is 2.80. The van der Waals surface area contributed by atoms with Crippen molar-refractivity contribution in [3.63, 3.8) is 0 Å². The van der Waals surface area contributed by atoms with Gasteiger partial charge < -0.3 is 26.2 Å². The van der Waals surface area contributed by atoms with E-state index in [1.165, 1.54) is 19.2 Å². The molecule has 0 spiro atoms. The van der Waals surface area contributed by atoms with Crippen molar-refractivity contribution in [2.45, 2.75) is 20.0 Å². The Morgan fingerprint density at radius 3 is 2.36 bits per heavy atom. The zero-order chi connectivity index (χ0) is 24.2. The van der Waals surface area contributed by atoms with Crippen LogP contribution in [0.5, 0.6) is 0 Å². The molecule has 1 aliphatic heterocycles. The van der Waals surface area contributed by atoms with Crippen molar-refractivity contribution in [1.82, 2.24) is 4.90 Å². The van der Waals surface area contributed by atoms with Gasteiger partial charge in [-0.25, -0.2) is 0 Å². The number of carbonyl (C=O) groups excluding carboxylic acids is 1. The van der Waals surface area contributed by atoms with E-state index in [0.29, 0.717) is 24.5 Å². The number of anilines is 3. The molecule has 33 heavy (non-hydrogen) atoms. The molecule has 1 amide bonds. The molecule has 2 aromatic carbocycles. The van der Waals surface area contributed by atoms with Crippen LogP contribution >= 0.6 is 0 Å². The van der Waals surface area contributed by atoms with E-state index < -0.39 is 17.6 Å². The molecule has 3 rings (SSSR count). The van der Waals surface area contributed by atoms with E-state index in [-0.39, 0.29) is 17.2 Å². The number of hydrogen-bond acceptors (Lipinski definition) is 4. The molecule has 1 aliphatic rings. The molecule has 0 radical (unpaired) electrons. The third-order valence-electron chi connectivity index (χ3n) is 5.74. The molecule has 0 atom stereocenters. The predicted octanol–water partition coefficient (Wildman–Crippen LogP) is 3.76. The van der Waals surface area contributed by atoms with Crippen LogP contribution in [-0.2, 0) is 6.18 Å². The van der Waals surface area contributed by atoms with Crippen molar-refractivity contribution in [1.29, 1.82) is 0 Å². The minimum Gasteiger partial charge on any atom is -0.370 e. The van der Waals surface area contributed by atoms with Crippen LogP contribution in [0.3, 0.4) is 0 Å². The van der Waals surface area contributed by atoms with Crippen molar-refractivity contribution >= 4 is 28.9 Å². The molecule has 1 saturated heterocycles. The quantitative estimate of drug-likeness (QED) is 0.465. The van der Waals surface area contributed by atoms with Crippen LogP contribution in [0.2, 0.25) is 0 Å². The van der Waals surface area contributed by atoms with Gasteiger partial charge in [-0.2, -0.15) is 13.2 Å². The normalized spacial score (nSPS) is 15.5. The molecule has 4 N–H and O–H groups in total. The second-order valence-corrected chi connectivity index (χ2v) is 7.87. The second kappa shape index (κ2) is 10.1. The number of nitrogens with two attached hydrogens (primary N) is 1. The summed E-state index contributed by atoms with van der Waals surface area (Å²) in [5.74, 6) is -0.495. The Kier molecular flexibility index (Phi) is 7.47. The smallest absolute Gasteiger partial charge is 0.370 e. The van der Waals surface area contributed by atoms with E-state index in [1.54, 1.807) is 18.2 Å². The Balaban J connectivity index is 1.84. The lowest BCUT2D eigenvalue weighted by atomic mass is 10.1. The van der Waals surface area contributed by atoms with E-state index in [1.807, 2.05) is 11.8 Å². The van der Waals surface area contributed by atoms with Crippen LogP contribution in [0.4, 0.5) is 30.2 Å². The van der Waals surface area contributed by atoms with Crippen LogP contribution in [0.25, 0.3) is 0 Å². The number of aryl methyl sites for hydroxylation is 1. The number of nitrogens with zero attached hydrogens (tertiary/aromatic N) is 3. The van der Waals surface area contributed by atoms with Crippen molar-refractivity contribution in [2.24, 2.45) is 10.7 Å². The Bertz CT molecular complexity index is 1030. The van der Waals surface area contributed by atoms with Crippen LogP contribution in [0.1, 0.15) is 28.4 Å². The maximum Gasteiger partial charge on any atom is 0.418 e. The predicted molar refractivity (Wildman–Crippen MR) is 126 cm³/mol. The number of alkyl halides is 3. The Morgan fingerprint density at radius 2 is 1.76 bits per heavy atom. The summed E-state index contributed by atoms with van der Waals surface area (Å²) in [6.07, 6.45) is -4.62. The fraction of sp³-hybridized carbons (Fsp3) is 0.391. The van der Waals surface area contributed by atoms with E-state index in [4.69, 9.17) is 5.73 Å². The number of rotatable bonds is 5. The highest BCUT2D eigenvalue weighted by atomic mass is 19.4. The largest absolute Gasteiger partial charge is 0.418 e. The summed E-state index contributed by atoms with van der Waals surface area (Å²) in [6, 6.07) is 8.80. The Morgan fingerprint density at radius 1 is 1.06 bits per heavy atom. The summed E-state index contributed by atoms with van der Waals surface area (Å²) in [5, 5.41) is 5.28. The van der Waals surface area contributed by atoms with Crippen molar-refractivity contribution in [3.8, 4) is 0 Å². The fourth-order valence-electron chi connectivity index (χ4n) is 3.68. The zero-order valence-corrected chi connectivity index (χ0v) is 19.0. The molecule has 178 valence electrons. The summed E-state index contributed by atoms with van der Waals surface area (Å²) in [5.41, 5.74) is 6.57. The van der Waals surface area contributed by atoms with E-state index in [2.05, 4.69) is 27.4 Å². The third kappa shape index (κ3) is 5.95. The lowest BCUT2D eigenvalue weighted by Crippen LogP contribution is -2.46. The number of guanidine groups is 1. The minimum absolute atomic E-state index is 0.158. The van der Waals surface area contributed by atoms with Crippen molar-refractivity contribution in [2.75, 3.05) is 55.3 Å². The molecular formula is C23H29F3N6O. The number of hydrogen-bond donors (Lipinski definition) is 3. The number of aliphatic imine (C=N–C) groups is 1. The highest BCUT2D eigenvalue weighted by Crippen LogP contribution is 2.38. The van der Waals surface area contributed by atoms with Crippen molar-refractivity contribution in [3.05, 3.63) is 53.1 Å². The lowest BCUT2D eigenvalue weighted by molar-refractivity contribution is -0.136. The molecule has 10 heteroatoms. The van der Waals surface area contributed by atoms with Gasteiger partial charge >= 0.3 is 6.18 Å². The fourth-order valence-corrected chi connectivity index (χ4v) is 3.68. The molecule has 0 bridgehead atoms. The standard InChI is InChI=1S/C23H29F3N6O/c1-4-31-9-11-32(12-10-31)17-7-8-19(18(14-17)23(24,25)26)29-21(33)16-6-5-15(2)20(13-16)30-22(27)28-3/h5-8,13-14H,4,9-12H2,1-3H3,(H,29,33)(H3,27,28,30). The van der Waals surface area contributed by atoms with Crippen LogP contribution < -0.4 is 21.3 Å². The molecule has 0 saturated carbocycles. The molecular weight excluding hydrogens is 433 g/mol. The van der Waals surface area contributed by atoms with Gasteiger partial charge in [0.05, 0.1) is 11.3 Å². The number of amides is 1. The summed E-state index contributed by atoms with van der Waals surface area (Å²) in [7, 11) is 1.51. The van der Waals surface area contributed by atoms with Crippen molar-refractivity contribution < 1.29 is 18.0 Å². The van der Waals surface area contributed by atoms with E-state index >= 15 is 0 Å². The van der Waals surface area contributed by atoms with Gasteiger partial charge in [0.25, 0.3) is 5.91 Å². The highest BCUT2D eigenvalue weighted by molar-refractivity contribution is 6.06. The SMILES string of the molecule is CCN1CCN(c2ccc(NC(=O)c3ccc(C)c(NC(N)=NC)c3)c(C(F)(F)F)c2)CC1. The number of benzene rings is 2. The molecule has 1 heterocycles. The number of halogens is 3. The maximum absolute atomic E-state index is 13.8. The number of piperazine rings is 1. The summed E-state index contributed by atoms with van der Waals surface area (Å²) in [4.78, 5) is 20.8. The molecule has 7 nitrogen and oxygen atoms in total. The first-order valence-electron chi connectivity index (χ1n) is 10.7. The molecule has 0 aliphatic carbocycles. The first-order chi connectivity index (χ1) is 15.6. The number of carbonyl (C=O) groups is 1. The third-order valence-corrected chi connectivity index (χ3v) is 5.74. The van der Waals surface area contributed by atoms with Gasteiger partial charge in [0.1, 0.15) is 0 Å².